The molecule has 50 heavy (non-hydrogen) atoms. The Kier molecular flexibility index (Phi) is 14.3. The number of unbranched alkanes of at least 4 members (excludes halogenated alkanes) is 1. The molecule has 1 unspecified atom stereocenters. The van der Waals surface area contributed by atoms with Crippen molar-refractivity contribution in [1.82, 2.24) is 24.3 Å². The lowest BCUT2D eigenvalue weighted by molar-refractivity contribution is -0.128. The third-order valence-corrected chi connectivity index (χ3v) is 9.90. The van der Waals surface area contributed by atoms with E-state index in [9.17, 15) is 9.59 Å². The molecular weight excluding hydrogens is 677 g/mol. The van der Waals surface area contributed by atoms with Crippen molar-refractivity contribution in [3.63, 3.8) is 0 Å². The van der Waals surface area contributed by atoms with Gasteiger partial charge in [0.2, 0.25) is 11.6 Å². The fourth-order valence-electron chi connectivity index (χ4n) is 6.38. The van der Waals surface area contributed by atoms with Crippen molar-refractivity contribution in [3.05, 3.63) is 61.9 Å². The summed E-state index contributed by atoms with van der Waals surface area (Å²) in [5.74, 6) is 1.07. The third kappa shape index (κ3) is 9.27. The Morgan fingerprint density at radius 1 is 1.16 bits per heavy atom. The van der Waals surface area contributed by atoms with Gasteiger partial charge in [0.15, 0.2) is 0 Å². The Morgan fingerprint density at radius 2 is 1.86 bits per heavy atom. The summed E-state index contributed by atoms with van der Waals surface area (Å²) >= 11 is 13.6. The van der Waals surface area contributed by atoms with Crippen LogP contribution in [0, 0.1) is 18.4 Å². The molecule has 1 atom stereocenters. The number of carbonyl (C=O) groups is 1. The minimum Gasteiger partial charge on any atom is -0.495 e. The Bertz CT molecular complexity index is 1750. The van der Waals surface area contributed by atoms with Crippen molar-refractivity contribution in [2.75, 3.05) is 58.8 Å². The minimum absolute atomic E-state index is 0.0940. The van der Waals surface area contributed by atoms with Crippen LogP contribution in [0.1, 0.15) is 59.8 Å². The van der Waals surface area contributed by atoms with Gasteiger partial charge in [-0.15, -0.1) is 0 Å². The number of halogens is 2. The number of nitrogens with zero attached hydrogens (tertiary/aromatic N) is 6. The number of pyridine rings is 1. The molecule has 0 radical (unpaired) electrons. The molecule has 1 aliphatic rings. The number of ether oxygens (including phenoxy) is 2. The Hall–Kier alpha value is -3.85. The zero-order valence-electron chi connectivity index (χ0n) is 30.0. The van der Waals surface area contributed by atoms with E-state index in [1.807, 2.05) is 13.8 Å². The molecule has 1 saturated heterocycles. The first-order chi connectivity index (χ1) is 24.1. The van der Waals surface area contributed by atoms with Crippen molar-refractivity contribution < 1.29 is 14.3 Å². The quantitative estimate of drug-likeness (QED) is 0.0925. The Labute approximate surface area is 305 Å². The number of methoxy groups -OCH3 is 2. The Balaban J connectivity index is 1.69. The van der Waals surface area contributed by atoms with E-state index in [0.29, 0.717) is 66.6 Å². The standard InChI is InChI=1S/C37H49Cl2N7O4/c1-8-44(9-2)16-11-10-15-41-37-42-22-26-20-27(31-32(38)29(49-6)21-30(50-7)33(31)39)35(47)46(34(26)43-37)18-14-25-13-12-17-45(23-25)36(48)28(40-5)19-24(3)4/h19-22,24-25H,8-18,23H2,1-4,6-7H3,(H,41,42,43). The fourth-order valence-corrected chi connectivity index (χ4v) is 7.09. The normalized spacial score (nSPS) is 15.1. The minimum atomic E-state index is -0.320. The topological polar surface area (TPSA) is 106 Å². The molecule has 0 saturated carbocycles. The maximum Gasteiger partial charge on any atom is 0.260 e. The molecule has 1 amide bonds. The lowest BCUT2D eigenvalue weighted by Gasteiger charge is -2.33. The van der Waals surface area contributed by atoms with Crippen LogP contribution in [0.3, 0.4) is 0 Å². The van der Waals surface area contributed by atoms with E-state index in [0.717, 1.165) is 45.3 Å². The fraction of sp³-hybridized carbons (Fsp3) is 0.541. The van der Waals surface area contributed by atoms with Gasteiger partial charge in [-0.1, -0.05) is 57.0 Å². The third-order valence-electron chi connectivity index (χ3n) is 9.15. The molecule has 1 fully saturated rings. The average Bonchev–Trinajstić information content (AvgIpc) is 3.12. The number of amides is 1. The SMILES string of the molecule is [C-]#[N+]C(=CC(C)C)C(=O)N1CCCC(CCn2c(=O)c(-c3c(Cl)c(OC)cc(OC)c3Cl)cc3cnc(NCCCCN(CC)CC)nc32)C1. The number of rotatable bonds is 16. The molecule has 270 valence electrons. The number of piperidine rings is 1. The van der Waals surface area contributed by atoms with Crippen molar-refractivity contribution in [2.45, 2.75) is 66.3 Å². The van der Waals surface area contributed by atoms with Crippen LogP contribution in [0.4, 0.5) is 5.95 Å². The molecule has 2 aromatic heterocycles. The second-order valence-corrected chi connectivity index (χ2v) is 13.6. The molecule has 0 aliphatic carbocycles. The highest BCUT2D eigenvalue weighted by atomic mass is 35.5. The number of anilines is 1. The van der Waals surface area contributed by atoms with E-state index >= 15 is 0 Å². The predicted molar refractivity (Wildman–Crippen MR) is 201 cm³/mol. The second-order valence-electron chi connectivity index (χ2n) is 12.9. The summed E-state index contributed by atoms with van der Waals surface area (Å²) in [5.41, 5.74) is 0.896. The van der Waals surface area contributed by atoms with Gasteiger partial charge in [-0.25, -0.2) is 9.83 Å². The molecular formula is C37H49Cl2N7O4. The van der Waals surface area contributed by atoms with Crippen LogP contribution < -0.4 is 20.3 Å². The highest BCUT2D eigenvalue weighted by molar-refractivity contribution is 6.41. The highest BCUT2D eigenvalue weighted by Gasteiger charge is 2.27. The highest BCUT2D eigenvalue weighted by Crippen LogP contribution is 2.45. The van der Waals surface area contributed by atoms with Crippen LogP contribution in [0.2, 0.25) is 10.0 Å². The van der Waals surface area contributed by atoms with Crippen LogP contribution in [0.5, 0.6) is 11.5 Å². The number of aromatic nitrogens is 3. The first kappa shape index (κ1) is 38.9. The van der Waals surface area contributed by atoms with Crippen molar-refractivity contribution in [2.24, 2.45) is 11.8 Å². The lowest BCUT2D eigenvalue weighted by atomic mass is 9.94. The predicted octanol–water partition coefficient (Wildman–Crippen LogP) is 7.40. The van der Waals surface area contributed by atoms with E-state index < -0.39 is 0 Å². The summed E-state index contributed by atoms with van der Waals surface area (Å²) < 4.78 is 12.6. The summed E-state index contributed by atoms with van der Waals surface area (Å²) in [7, 11) is 2.97. The van der Waals surface area contributed by atoms with Gasteiger partial charge in [0, 0.05) is 49.4 Å². The number of aryl methyl sites for hydroxylation is 1. The first-order valence-electron chi connectivity index (χ1n) is 17.4. The second kappa shape index (κ2) is 18.4. The number of benzene rings is 1. The monoisotopic (exact) mass is 725 g/mol. The lowest BCUT2D eigenvalue weighted by Crippen LogP contribution is -2.40. The number of nitrogens with one attached hydrogen (secondary N) is 1. The van der Waals surface area contributed by atoms with Gasteiger partial charge in [-0.3, -0.25) is 14.2 Å². The largest absolute Gasteiger partial charge is 0.495 e. The molecule has 1 aromatic carbocycles. The zero-order chi connectivity index (χ0) is 36.4. The van der Waals surface area contributed by atoms with Gasteiger partial charge in [0.05, 0.1) is 36.4 Å². The summed E-state index contributed by atoms with van der Waals surface area (Å²) in [6, 6.07) is 3.30. The molecule has 4 rings (SSSR count). The molecule has 13 heteroatoms. The van der Waals surface area contributed by atoms with Crippen molar-refractivity contribution in [1.29, 1.82) is 0 Å². The first-order valence-corrected chi connectivity index (χ1v) is 18.2. The van der Waals surface area contributed by atoms with E-state index in [1.165, 1.54) is 14.2 Å². The van der Waals surface area contributed by atoms with Crippen LogP contribution in [-0.4, -0.2) is 83.7 Å². The van der Waals surface area contributed by atoms with Gasteiger partial charge in [-0.2, -0.15) is 4.98 Å². The maximum atomic E-state index is 14.5. The van der Waals surface area contributed by atoms with Gasteiger partial charge in [0.25, 0.3) is 11.5 Å². The Morgan fingerprint density at radius 3 is 2.48 bits per heavy atom. The summed E-state index contributed by atoms with van der Waals surface area (Å²) in [6.45, 7) is 21.0. The number of likely N-dealkylation sites (tertiary alicyclic amines) is 1. The molecule has 1 aliphatic heterocycles. The van der Waals surface area contributed by atoms with Crippen molar-refractivity contribution in [3.8, 4) is 22.6 Å². The summed E-state index contributed by atoms with van der Waals surface area (Å²) in [6.07, 6.45) is 7.76. The average molecular weight is 727 g/mol. The smallest absolute Gasteiger partial charge is 0.260 e. The van der Waals surface area contributed by atoms with Crippen molar-refractivity contribution >= 4 is 46.1 Å². The number of fused-ring (bicyclic) bond motifs is 1. The van der Waals surface area contributed by atoms with E-state index in [2.05, 4.69) is 33.9 Å². The maximum absolute atomic E-state index is 14.5. The van der Waals surface area contributed by atoms with Crippen LogP contribution in [0.15, 0.2) is 34.9 Å². The van der Waals surface area contributed by atoms with Gasteiger partial charge < -0.3 is 24.6 Å². The van der Waals surface area contributed by atoms with Crippen LogP contribution >= 0.6 is 23.2 Å². The van der Waals surface area contributed by atoms with Crippen LogP contribution in [0.25, 0.3) is 27.0 Å². The van der Waals surface area contributed by atoms with E-state index in [-0.39, 0.29) is 44.6 Å². The number of carbonyl (C=O) groups excluding carboxylic acids is 1. The number of hydrogen-bond acceptors (Lipinski definition) is 8. The molecule has 3 aromatic rings. The number of allylic oxidation sites excluding steroid dienone is 1. The van der Waals surface area contributed by atoms with Gasteiger partial charge in [-0.05, 0) is 69.6 Å². The zero-order valence-corrected chi connectivity index (χ0v) is 31.5. The van der Waals surface area contributed by atoms with Crippen LogP contribution in [-0.2, 0) is 11.3 Å². The molecule has 0 spiro atoms. The molecule has 11 nitrogen and oxygen atoms in total. The molecule has 0 bridgehead atoms. The summed E-state index contributed by atoms with van der Waals surface area (Å²) in [5, 5.41) is 4.36. The van der Waals surface area contributed by atoms with E-state index in [1.54, 1.807) is 33.9 Å². The van der Waals surface area contributed by atoms with E-state index in [4.69, 9.17) is 44.2 Å². The number of hydrogen-bond donors (Lipinski definition) is 1. The molecule has 1 N–H and O–H groups in total. The van der Waals surface area contributed by atoms with Gasteiger partial charge in [0.1, 0.15) is 17.1 Å². The van der Waals surface area contributed by atoms with Gasteiger partial charge >= 0.3 is 0 Å². The summed E-state index contributed by atoms with van der Waals surface area (Å²) in [4.78, 5) is 44.8. The molecule has 3 heterocycles.